The smallest absolute Gasteiger partial charge is 0.315 e. The Morgan fingerprint density at radius 2 is 1.96 bits per heavy atom. The molecule has 0 amide bonds. The van der Waals surface area contributed by atoms with Crippen molar-refractivity contribution in [1.29, 1.82) is 0 Å². The van der Waals surface area contributed by atoms with E-state index in [1.54, 1.807) is 0 Å². The van der Waals surface area contributed by atoms with Crippen LogP contribution in [0.3, 0.4) is 0 Å². The molecule has 0 saturated carbocycles. The SMILES string of the molecule is CCCCCOC(=O)C1C(C)=NC2=C(C(=O)CCC2)[C@H]1c1ccc(I)cc1. The van der Waals surface area contributed by atoms with Crippen LogP contribution in [0.1, 0.15) is 63.9 Å². The lowest BCUT2D eigenvalue weighted by Gasteiger charge is -2.34. The summed E-state index contributed by atoms with van der Waals surface area (Å²) < 4.78 is 6.71. The molecule has 0 saturated heterocycles. The normalized spacial score (nSPS) is 22.3. The molecule has 2 atom stereocenters. The summed E-state index contributed by atoms with van der Waals surface area (Å²) >= 11 is 2.26. The first-order valence-electron chi connectivity index (χ1n) is 9.76. The number of rotatable bonds is 6. The van der Waals surface area contributed by atoms with E-state index in [0.717, 1.165) is 58.2 Å². The van der Waals surface area contributed by atoms with Crippen LogP contribution in [0, 0.1) is 9.49 Å². The van der Waals surface area contributed by atoms with Gasteiger partial charge in [-0.2, -0.15) is 0 Å². The van der Waals surface area contributed by atoms with E-state index in [-0.39, 0.29) is 17.7 Å². The highest BCUT2D eigenvalue weighted by molar-refractivity contribution is 14.1. The Hall–Kier alpha value is -1.50. The van der Waals surface area contributed by atoms with Gasteiger partial charge in [-0.1, -0.05) is 31.9 Å². The molecular weight excluding hydrogens is 453 g/mol. The number of aliphatic imine (C=N–C) groups is 1. The average molecular weight is 479 g/mol. The van der Waals surface area contributed by atoms with E-state index in [1.807, 2.05) is 31.2 Å². The zero-order chi connectivity index (χ0) is 19.4. The number of nitrogens with zero attached hydrogens (tertiary/aromatic N) is 1. The van der Waals surface area contributed by atoms with E-state index in [1.165, 1.54) is 0 Å². The minimum atomic E-state index is -0.521. The van der Waals surface area contributed by atoms with Crippen LogP contribution in [0.2, 0.25) is 0 Å². The van der Waals surface area contributed by atoms with Crippen LogP contribution in [-0.4, -0.2) is 24.1 Å². The van der Waals surface area contributed by atoms with Crippen molar-refractivity contribution in [2.75, 3.05) is 6.61 Å². The van der Waals surface area contributed by atoms with Crippen molar-refractivity contribution in [2.45, 2.75) is 58.3 Å². The molecule has 1 heterocycles. The first-order chi connectivity index (χ1) is 13.0. The van der Waals surface area contributed by atoms with Crippen LogP contribution in [0.5, 0.6) is 0 Å². The number of benzene rings is 1. The summed E-state index contributed by atoms with van der Waals surface area (Å²) in [7, 11) is 0. The lowest BCUT2D eigenvalue weighted by atomic mass is 9.72. The summed E-state index contributed by atoms with van der Waals surface area (Å²) in [5, 5.41) is 0. The highest BCUT2D eigenvalue weighted by Gasteiger charge is 2.43. The van der Waals surface area contributed by atoms with Crippen LogP contribution < -0.4 is 0 Å². The molecule has 0 bridgehead atoms. The number of esters is 1. The van der Waals surface area contributed by atoms with E-state index < -0.39 is 5.92 Å². The Labute approximate surface area is 174 Å². The van der Waals surface area contributed by atoms with Crippen LogP contribution in [0.25, 0.3) is 0 Å². The van der Waals surface area contributed by atoms with Crippen LogP contribution >= 0.6 is 22.6 Å². The van der Waals surface area contributed by atoms with Crippen molar-refractivity contribution in [3.8, 4) is 0 Å². The van der Waals surface area contributed by atoms with Crippen molar-refractivity contribution >= 4 is 40.1 Å². The van der Waals surface area contributed by atoms with Crippen molar-refractivity contribution in [2.24, 2.45) is 10.9 Å². The summed E-state index contributed by atoms with van der Waals surface area (Å²) in [4.78, 5) is 30.4. The topological polar surface area (TPSA) is 55.7 Å². The number of unbranched alkanes of at least 4 members (excludes halogenated alkanes) is 2. The third-order valence-electron chi connectivity index (χ3n) is 5.31. The molecule has 0 radical (unpaired) electrons. The summed E-state index contributed by atoms with van der Waals surface area (Å²) in [6.07, 6.45) is 5.16. The largest absolute Gasteiger partial charge is 0.465 e. The Morgan fingerprint density at radius 1 is 1.22 bits per heavy atom. The Morgan fingerprint density at radius 3 is 2.67 bits per heavy atom. The van der Waals surface area contributed by atoms with Crippen LogP contribution in [-0.2, 0) is 14.3 Å². The van der Waals surface area contributed by atoms with Gasteiger partial charge in [0.1, 0.15) is 5.92 Å². The highest BCUT2D eigenvalue weighted by Crippen LogP contribution is 2.43. The molecule has 0 N–H and O–H groups in total. The van der Waals surface area contributed by atoms with Gasteiger partial charge >= 0.3 is 5.97 Å². The molecule has 144 valence electrons. The maximum absolute atomic E-state index is 13.0. The second-order valence-corrected chi connectivity index (χ2v) is 8.52. The fourth-order valence-electron chi connectivity index (χ4n) is 3.96. The van der Waals surface area contributed by atoms with Gasteiger partial charge in [-0.25, -0.2) is 0 Å². The van der Waals surface area contributed by atoms with Gasteiger partial charge in [0.2, 0.25) is 0 Å². The maximum Gasteiger partial charge on any atom is 0.315 e. The lowest BCUT2D eigenvalue weighted by Crippen LogP contribution is -2.37. The number of ether oxygens (including phenoxy) is 1. The molecule has 1 aromatic rings. The Kier molecular flexibility index (Phi) is 6.84. The summed E-state index contributed by atoms with van der Waals surface area (Å²) in [6.45, 7) is 4.44. The predicted octanol–water partition coefficient (Wildman–Crippen LogP) is 5.21. The quantitative estimate of drug-likeness (QED) is 0.320. The minimum Gasteiger partial charge on any atom is -0.465 e. The van der Waals surface area contributed by atoms with E-state index in [2.05, 4.69) is 34.5 Å². The second kappa shape index (κ2) is 9.13. The zero-order valence-electron chi connectivity index (χ0n) is 16.0. The first kappa shape index (κ1) is 20.2. The Bertz CT molecular complexity index is 779. The molecule has 0 fully saturated rings. The first-order valence-corrected chi connectivity index (χ1v) is 10.8. The fourth-order valence-corrected chi connectivity index (χ4v) is 4.32. The number of allylic oxidation sites excluding steroid dienone is 2. The van der Waals surface area contributed by atoms with Gasteiger partial charge in [-0.15, -0.1) is 0 Å². The van der Waals surface area contributed by atoms with Gasteiger partial charge < -0.3 is 4.74 Å². The molecule has 1 unspecified atom stereocenters. The number of carbonyl (C=O) groups excluding carboxylic acids is 2. The maximum atomic E-state index is 13.0. The van der Waals surface area contributed by atoms with Gasteiger partial charge in [0.05, 0.1) is 6.61 Å². The highest BCUT2D eigenvalue weighted by atomic mass is 127. The number of hydrogen-bond acceptors (Lipinski definition) is 4. The van der Waals surface area contributed by atoms with E-state index in [9.17, 15) is 9.59 Å². The lowest BCUT2D eigenvalue weighted by molar-refractivity contribution is -0.146. The van der Waals surface area contributed by atoms with Crippen molar-refractivity contribution in [3.63, 3.8) is 0 Å². The van der Waals surface area contributed by atoms with Gasteiger partial charge in [0.15, 0.2) is 5.78 Å². The van der Waals surface area contributed by atoms with Gasteiger partial charge in [0, 0.05) is 32.9 Å². The van der Waals surface area contributed by atoms with Crippen LogP contribution in [0.4, 0.5) is 0 Å². The van der Waals surface area contributed by atoms with Crippen LogP contribution in [0.15, 0.2) is 40.5 Å². The Balaban J connectivity index is 1.96. The summed E-state index contributed by atoms with van der Waals surface area (Å²) in [5.74, 6) is -0.950. The van der Waals surface area contributed by atoms with Gasteiger partial charge in [-0.05, 0) is 66.5 Å². The van der Waals surface area contributed by atoms with Crippen molar-refractivity contribution < 1.29 is 14.3 Å². The predicted molar refractivity (Wildman–Crippen MR) is 115 cm³/mol. The van der Waals surface area contributed by atoms with Crippen molar-refractivity contribution in [1.82, 2.24) is 0 Å². The summed E-state index contributed by atoms with van der Waals surface area (Å²) in [5.41, 5.74) is 3.33. The number of hydrogen-bond donors (Lipinski definition) is 0. The van der Waals surface area contributed by atoms with E-state index >= 15 is 0 Å². The number of ketones is 1. The third-order valence-corrected chi connectivity index (χ3v) is 6.03. The van der Waals surface area contributed by atoms with Gasteiger partial charge in [0.25, 0.3) is 0 Å². The van der Waals surface area contributed by atoms with E-state index in [4.69, 9.17) is 4.74 Å². The third kappa shape index (κ3) is 4.50. The monoisotopic (exact) mass is 479 g/mol. The molecule has 0 aromatic heterocycles. The standard InChI is InChI=1S/C22H26INO3/c1-3-4-5-13-27-22(26)19-14(2)24-17-7-6-8-18(25)21(17)20(19)15-9-11-16(23)12-10-15/h9-12,19-20H,3-8,13H2,1-2H3/t19?,20-/m0/s1. The molecule has 1 aliphatic heterocycles. The van der Waals surface area contributed by atoms with E-state index in [0.29, 0.717) is 13.0 Å². The molecule has 4 nitrogen and oxygen atoms in total. The second-order valence-electron chi connectivity index (χ2n) is 7.27. The number of halogens is 1. The zero-order valence-corrected chi connectivity index (χ0v) is 18.1. The number of Topliss-reactive ketones (excluding diaryl/α,β-unsaturated/α-hetero) is 1. The minimum absolute atomic E-state index is 0.125. The molecule has 1 aliphatic carbocycles. The van der Waals surface area contributed by atoms with Gasteiger partial charge in [-0.3, -0.25) is 14.6 Å². The molecule has 0 spiro atoms. The molecule has 5 heteroatoms. The molecule has 27 heavy (non-hydrogen) atoms. The number of carbonyl (C=O) groups is 2. The molecule has 1 aromatic carbocycles. The molecule has 3 rings (SSSR count). The average Bonchev–Trinajstić information content (AvgIpc) is 2.65. The molecule has 2 aliphatic rings. The summed E-state index contributed by atoms with van der Waals surface area (Å²) in [6, 6.07) is 8.09. The molecular formula is C22H26INO3. The fraction of sp³-hybridized carbons (Fsp3) is 0.500. The van der Waals surface area contributed by atoms with Crippen molar-refractivity contribution in [3.05, 3.63) is 44.7 Å².